The number of hydrogen-bond acceptors (Lipinski definition) is 4. The highest BCUT2D eigenvalue weighted by Crippen LogP contribution is 2.27. The Hall–Kier alpha value is -1.93. The van der Waals surface area contributed by atoms with Crippen molar-refractivity contribution in [1.82, 2.24) is 0 Å². The van der Waals surface area contributed by atoms with Gasteiger partial charge in [0.15, 0.2) is 0 Å². The maximum atomic E-state index is 11.5. The zero-order valence-corrected chi connectivity index (χ0v) is 10.4. The van der Waals surface area contributed by atoms with Crippen LogP contribution in [-0.2, 0) is 14.9 Å². The highest BCUT2D eigenvalue weighted by molar-refractivity contribution is 5.90. The fraction of sp³-hybridized carbons (Fsp3) is 0.385. The van der Waals surface area contributed by atoms with Gasteiger partial charge in [-0.1, -0.05) is 20.8 Å². The lowest BCUT2D eigenvalue weighted by Crippen LogP contribution is -2.12. The predicted octanol–water partition coefficient (Wildman–Crippen LogP) is 2.74. The summed E-state index contributed by atoms with van der Waals surface area (Å²) in [6.45, 7) is 6.04. The van der Waals surface area contributed by atoms with Gasteiger partial charge in [0.25, 0.3) is 0 Å². The van der Waals surface area contributed by atoms with Crippen LogP contribution in [0.25, 0.3) is 0 Å². The average Bonchev–Trinajstić information content (AvgIpc) is 2.27. The number of carbonyl (C=O) groups is 1. The van der Waals surface area contributed by atoms with Crippen molar-refractivity contribution in [2.45, 2.75) is 26.2 Å². The van der Waals surface area contributed by atoms with E-state index in [0.717, 1.165) is 5.56 Å². The van der Waals surface area contributed by atoms with Crippen molar-refractivity contribution in [1.29, 1.82) is 0 Å². The molecule has 4 nitrogen and oxygen atoms in total. The number of ether oxygens (including phenoxy) is 1. The molecule has 0 atom stereocenters. The predicted molar refractivity (Wildman–Crippen MR) is 64.3 cm³/mol. The first-order valence-electron chi connectivity index (χ1n) is 5.20. The van der Waals surface area contributed by atoms with Crippen LogP contribution in [0.5, 0.6) is 0 Å². The van der Waals surface area contributed by atoms with E-state index in [-0.39, 0.29) is 5.41 Å². The largest absolute Gasteiger partial charge is 0.465 e. The molecule has 4 heteroatoms. The zero-order chi connectivity index (χ0) is 13.1. The van der Waals surface area contributed by atoms with Crippen LogP contribution in [0.4, 0.5) is 5.69 Å². The van der Waals surface area contributed by atoms with Gasteiger partial charge in [-0.05, 0) is 29.2 Å². The molecule has 1 aromatic rings. The third kappa shape index (κ3) is 3.26. The van der Waals surface area contributed by atoms with Crippen molar-refractivity contribution < 1.29 is 14.3 Å². The summed E-state index contributed by atoms with van der Waals surface area (Å²) < 4.78 is 4.66. The minimum absolute atomic E-state index is 0.142. The van der Waals surface area contributed by atoms with E-state index in [9.17, 15) is 9.59 Å². The summed E-state index contributed by atoms with van der Waals surface area (Å²) in [5, 5.41) is 0. The summed E-state index contributed by atoms with van der Waals surface area (Å²) in [6, 6.07) is 5.01. The minimum atomic E-state index is -0.446. The van der Waals surface area contributed by atoms with Crippen LogP contribution in [0.15, 0.2) is 23.2 Å². The van der Waals surface area contributed by atoms with Crippen LogP contribution in [0, 0.1) is 0 Å². The van der Waals surface area contributed by atoms with Gasteiger partial charge < -0.3 is 4.74 Å². The van der Waals surface area contributed by atoms with Gasteiger partial charge in [-0.15, -0.1) is 0 Å². The molecule has 0 fully saturated rings. The van der Waals surface area contributed by atoms with Crippen molar-refractivity contribution in [3.05, 3.63) is 29.3 Å². The van der Waals surface area contributed by atoms with Crippen LogP contribution in [0.1, 0.15) is 36.7 Å². The molecule has 17 heavy (non-hydrogen) atoms. The van der Waals surface area contributed by atoms with Gasteiger partial charge in [-0.25, -0.2) is 9.59 Å². The Morgan fingerprint density at radius 3 is 2.41 bits per heavy atom. The first-order chi connectivity index (χ1) is 7.88. The monoisotopic (exact) mass is 233 g/mol. The molecule has 0 saturated heterocycles. The number of aliphatic imine (C=N–C) groups is 1. The second-order valence-electron chi connectivity index (χ2n) is 4.71. The van der Waals surface area contributed by atoms with Gasteiger partial charge in [0.05, 0.1) is 18.4 Å². The molecule has 0 bridgehead atoms. The summed E-state index contributed by atoms with van der Waals surface area (Å²) in [7, 11) is 1.31. The standard InChI is InChI=1S/C13H15NO3/c1-13(2,3)10-5-9(12(16)17-4)6-11(7-10)14-8-15/h5-7H,1-4H3. The van der Waals surface area contributed by atoms with Gasteiger partial charge in [-0.3, -0.25) is 0 Å². The van der Waals surface area contributed by atoms with E-state index >= 15 is 0 Å². The fourth-order valence-corrected chi connectivity index (χ4v) is 1.40. The Bertz CT molecular complexity index is 480. The second kappa shape index (κ2) is 4.93. The summed E-state index contributed by atoms with van der Waals surface area (Å²) in [4.78, 5) is 25.3. The van der Waals surface area contributed by atoms with Gasteiger partial charge >= 0.3 is 5.97 Å². The highest BCUT2D eigenvalue weighted by Gasteiger charge is 2.17. The lowest BCUT2D eigenvalue weighted by Gasteiger charge is -2.20. The minimum Gasteiger partial charge on any atom is -0.465 e. The van der Waals surface area contributed by atoms with E-state index in [4.69, 9.17) is 0 Å². The molecule has 0 saturated carbocycles. The fourth-order valence-electron chi connectivity index (χ4n) is 1.40. The molecule has 0 unspecified atom stereocenters. The van der Waals surface area contributed by atoms with Crippen molar-refractivity contribution in [2.24, 2.45) is 4.99 Å². The van der Waals surface area contributed by atoms with E-state index in [1.165, 1.54) is 19.3 Å². The molecule has 0 aliphatic rings. The van der Waals surface area contributed by atoms with Crippen LogP contribution in [0.2, 0.25) is 0 Å². The molecule has 0 radical (unpaired) electrons. The Morgan fingerprint density at radius 2 is 1.94 bits per heavy atom. The van der Waals surface area contributed by atoms with E-state index < -0.39 is 5.97 Å². The Kier molecular flexibility index (Phi) is 3.81. The average molecular weight is 233 g/mol. The molecule has 0 aliphatic carbocycles. The normalized spacial score (nSPS) is 10.6. The molecule has 1 aromatic carbocycles. The molecule has 0 aliphatic heterocycles. The van der Waals surface area contributed by atoms with E-state index in [1.54, 1.807) is 12.1 Å². The number of esters is 1. The van der Waals surface area contributed by atoms with Gasteiger partial charge in [0.2, 0.25) is 6.08 Å². The summed E-state index contributed by atoms with van der Waals surface area (Å²) >= 11 is 0. The van der Waals surface area contributed by atoms with Crippen molar-refractivity contribution in [2.75, 3.05) is 7.11 Å². The maximum Gasteiger partial charge on any atom is 0.337 e. The van der Waals surface area contributed by atoms with E-state index in [2.05, 4.69) is 9.73 Å². The zero-order valence-electron chi connectivity index (χ0n) is 10.4. The molecule has 1 rings (SSSR count). The molecule has 0 spiro atoms. The summed E-state index contributed by atoms with van der Waals surface area (Å²) in [5.41, 5.74) is 1.56. The van der Waals surface area contributed by atoms with Crippen molar-refractivity contribution in [3.8, 4) is 0 Å². The lowest BCUT2D eigenvalue weighted by molar-refractivity contribution is 0.0600. The van der Waals surface area contributed by atoms with E-state index in [1.807, 2.05) is 20.8 Å². The highest BCUT2D eigenvalue weighted by atomic mass is 16.5. The van der Waals surface area contributed by atoms with Crippen LogP contribution in [0.3, 0.4) is 0 Å². The van der Waals surface area contributed by atoms with Gasteiger partial charge in [0, 0.05) is 0 Å². The van der Waals surface area contributed by atoms with Crippen LogP contribution < -0.4 is 0 Å². The Balaban J connectivity index is 3.38. The number of isocyanates is 1. The molecule has 0 amide bonds. The van der Waals surface area contributed by atoms with Crippen molar-refractivity contribution in [3.63, 3.8) is 0 Å². The number of benzene rings is 1. The number of hydrogen-bond donors (Lipinski definition) is 0. The topological polar surface area (TPSA) is 55.7 Å². The Labute approximate surface area is 100 Å². The number of carbonyl (C=O) groups excluding carboxylic acids is 2. The maximum absolute atomic E-state index is 11.5. The summed E-state index contributed by atoms with van der Waals surface area (Å²) in [5.74, 6) is -0.446. The lowest BCUT2D eigenvalue weighted by atomic mass is 9.86. The van der Waals surface area contributed by atoms with Crippen LogP contribution in [-0.4, -0.2) is 19.2 Å². The third-order valence-corrected chi connectivity index (χ3v) is 2.38. The van der Waals surface area contributed by atoms with Crippen molar-refractivity contribution >= 4 is 17.7 Å². The molecular weight excluding hydrogens is 218 g/mol. The summed E-state index contributed by atoms with van der Waals surface area (Å²) in [6.07, 6.45) is 1.47. The molecular formula is C13H15NO3. The first-order valence-corrected chi connectivity index (χ1v) is 5.20. The number of methoxy groups -OCH3 is 1. The SMILES string of the molecule is COC(=O)c1cc(N=C=O)cc(C(C)(C)C)c1. The molecule has 0 heterocycles. The molecule has 90 valence electrons. The van der Waals surface area contributed by atoms with Crippen LogP contribution >= 0.6 is 0 Å². The van der Waals surface area contributed by atoms with Gasteiger partial charge in [0.1, 0.15) is 0 Å². The molecule has 0 aromatic heterocycles. The Morgan fingerprint density at radius 1 is 1.29 bits per heavy atom. The molecule has 0 N–H and O–H groups in total. The van der Waals surface area contributed by atoms with Gasteiger partial charge in [-0.2, -0.15) is 4.99 Å². The smallest absolute Gasteiger partial charge is 0.337 e. The quantitative estimate of drug-likeness (QED) is 0.448. The number of nitrogens with zero attached hydrogens (tertiary/aromatic N) is 1. The van der Waals surface area contributed by atoms with E-state index in [0.29, 0.717) is 11.3 Å². The second-order valence-corrected chi connectivity index (χ2v) is 4.71. The third-order valence-electron chi connectivity index (χ3n) is 2.38. The first kappa shape index (κ1) is 13.1. The number of rotatable bonds is 2.